The quantitative estimate of drug-likeness (QED) is 0.382. The van der Waals surface area contributed by atoms with Crippen LogP contribution in [0.2, 0.25) is 0 Å². The molecule has 0 aliphatic carbocycles. The minimum absolute atomic E-state index is 0.243. The van der Waals surface area contributed by atoms with Gasteiger partial charge in [-0.25, -0.2) is 9.94 Å². The van der Waals surface area contributed by atoms with Crippen LogP contribution in [0.15, 0.2) is 12.1 Å². The maximum atomic E-state index is 11.3. The largest absolute Gasteiger partial charge is 0.710 e. The first-order valence-electron chi connectivity index (χ1n) is 3.66. The van der Waals surface area contributed by atoms with Gasteiger partial charge in [-0.05, 0) is 25.5 Å². The van der Waals surface area contributed by atoms with Crippen molar-refractivity contribution >= 4 is 5.82 Å². The van der Waals surface area contributed by atoms with E-state index in [1.807, 2.05) is 6.92 Å². The van der Waals surface area contributed by atoms with Crippen LogP contribution in [0, 0.1) is 19.1 Å². The third-order valence-corrected chi connectivity index (χ3v) is 1.65. The first-order valence-corrected chi connectivity index (χ1v) is 3.66. The van der Waals surface area contributed by atoms with E-state index in [2.05, 4.69) is 0 Å². The second-order valence-corrected chi connectivity index (χ2v) is 2.85. The fourth-order valence-electron chi connectivity index (χ4n) is 1.10. The van der Waals surface area contributed by atoms with Crippen molar-refractivity contribution < 1.29 is 9.94 Å². The van der Waals surface area contributed by atoms with Crippen molar-refractivity contribution in [3.8, 4) is 0 Å². The van der Waals surface area contributed by atoms with Gasteiger partial charge in [-0.15, -0.1) is 5.06 Å². The van der Waals surface area contributed by atoms with Gasteiger partial charge in [-0.1, -0.05) is 0 Å². The van der Waals surface area contributed by atoms with E-state index in [1.165, 1.54) is 7.05 Å². The molecule has 0 fully saturated rings. The molecule has 1 aromatic rings. The summed E-state index contributed by atoms with van der Waals surface area (Å²) in [6.07, 6.45) is 0. The molecule has 0 aliphatic heterocycles. The standard InChI is InChI=1S/C8H12N2O2/c1-6-4-7(2)10(12)8(5-6)9(3)11/h4-5,11H,1-3H3. The van der Waals surface area contributed by atoms with Crippen molar-refractivity contribution in [2.75, 3.05) is 12.1 Å². The fourth-order valence-corrected chi connectivity index (χ4v) is 1.10. The van der Waals surface area contributed by atoms with Crippen LogP contribution in [0.4, 0.5) is 5.82 Å². The molecule has 4 heteroatoms. The Kier molecular flexibility index (Phi) is 2.19. The molecule has 66 valence electrons. The van der Waals surface area contributed by atoms with Crippen molar-refractivity contribution in [2.24, 2.45) is 0 Å². The monoisotopic (exact) mass is 168 g/mol. The van der Waals surface area contributed by atoms with E-state index in [0.29, 0.717) is 10.4 Å². The van der Waals surface area contributed by atoms with E-state index in [4.69, 9.17) is 5.21 Å². The third kappa shape index (κ3) is 1.48. The van der Waals surface area contributed by atoms with Crippen molar-refractivity contribution in [2.45, 2.75) is 13.8 Å². The highest BCUT2D eigenvalue weighted by molar-refractivity contribution is 5.32. The highest BCUT2D eigenvalue weighted by Crippen LogP contribution is 2.08. The summed E-state index contributed by atoms with van der Waals surface area (Å²) < 4.78 is 0.688. The van der Waals surface area contributed by atoms with Gasteiger partial charge in [0.1, 0.15) is 12.7 Å². The highest BCUT2D eigenvalue weighted by atomic mass is 16.5. The predicted octanol–water partition coefficient (Wildman–Crippen LogP) is 0.762. The topological polar surface area (TPSA) is 50.4 Å². The van der Waals surface area contributed by atoms with Crippen LogP contribution in [0.5, 0.6) is 0 Å². The lowest BCUT2D eigenvalue weighted by Gasteiger charge is -2.13. The van der Waals surface area contributed by atoms with Crippen molar-refractivity contribution in [1.29, 1.82) is 0 Å². The smallest absolute Gasteiger partial charge is 0.310 e. The van der Waals surface area contributed by atoms with E-state index in [9.17, 15) is 5.21 Å². The molecule has 1 heterocycles. The molecule has 0 amide bonds. The van der Waals surface area contributed by atoms with Crippen LogP contribution in [-0.2, 0) is 0 Å². The molecule has 0 atom stereocenters. The Morgan fingerprint density at radius 1 is 1.42 bits per heavy atom. The molecule has 0 aromatic carbocycles. The Morgan fingerprint density at radius 3 is 2.50 bits per heavy atom. The lowest BCUT2D eigenvalue weighted by molar-refractivity contribution is -0.601. The predicted molar refractivity (Wildman–Crippen MR) is 45.1 cm³/mol. The van der Waals surface area contributed by atoms with Gasteiger partial charge in [-0.3, -0.25) is 0 Å². The average Bonchev–Trinajstić information content (AvgIpc) is 1.96. The summed E-state index contributed by atoms with van der Waals surface area (Å²) in [7, 11) is 1.42. The average molecular weight is 168 g/mol. The Balaban J connectivity index is 3.28. The third-order valence-electron chi connectivity index (χ3n) is 1.65. The van der Waals surface area contributed by atoms with Crippen LogP contribution >= 0.6 is 0 Å². The Labute approximate surface area is 71.2 Å². The van der Waals surface area contributed by atoms with E-state index in [0.717, 1.165) is 10.6 Å². The van der Waals surface area contributed by atoms with Gasteiger partial charge < -0.3 is 5.21 Å². The number of aromatic nitrogens is 1. The molecule has 0 radical (unpaired) electrons. The highest BCUT2D eigenvalue weighted by Gasteiger charge is 2.10. The Hall–Kier alpha value is -1.29. The van der Waals surface area contributed by atoms with Crippen molar-refractivity contribution in [1.82, 2.24) is 0 Å². The number of hydrogen-bond donors (Lipinski definition) is 1. The molecule has 0 bridgehead atoms. The Bertz CT molecular complexity index is 297. The lowest BCUT2D eigenvalue weighted by Crippen LogP contribution is -2.37. The maximum absolute atomic E-state index is 11.3. The van der Waals surface area contributed by atoms with Gasteiger partial charge in [0.2, 0.25) is 0 Å². The second-order valence-electron chi connectivity index (χ2n) is 2.85. The van der Waals surface area contributed by atoms with Gasteiger partial charge in [0, 0.05) is 6.07 Å². The number of aryl methyl sites for hydroxylation is 2. The van der Waals surface area contributed by atoms with Gasteiger partial charge in [-0.2, -0.15) is 0 Å². The summed E-state index contributed by atoms with van der Waals surface area (Å²) in [6, 6.07) is 3.39. The van der Waals surface area contributed by atoms with E-state index in [-0.39, 0.29) is 5.82 Å². The molecule has 1 aromatic heterocycles. The second kappa shape index (κ2) is 2.98. The zero-order valence-corrected chi connectivity index (χ0v) is 7.40. The molecule has 0 aliphatic rings. The van der Waals surface area contributed by atoms with Crippen LogP contribution < -0.4 is 9.79 Å². The zero-order chi connectivity index (χ0) is 9.30. The van der Waals surface area contributed by atoms with Gasteiger partial charge in [0.25, 0.3) is 0 Å². The number of rotatable bonds is 1. The molecule has 0 saturated heterocycles. The molecular formula is C8H12N2O2. The first-order chi connectivity index (χ1) is 5.52. The minimum atomic E-state index is 0.243. The molecule has 0 unspecified atom stereocenters. The molecule has 4 nitrogen and oxygen atoms in total. The van der Waals surface area contributed by atoms with Crippen molar-refractivity contribution in [3.63, 3.8) is 0 Å². The van der Waals surface area contributed by atoms with Gasteiger partial charge >= 0.3 is 5.82 Å². The summed E-state index contributed by atoms with van der Waals surface area (Å²) in [4.78, 5) is 0. The zero-order valence-electron chi connectivity index (χ0n) is 7.40. The van der Waals surface area contributed by atoms with Crippen LogP contribution in [0.1, 0.15) is 11.3 Å². The number of pyridine rings is 1. The summed E-state index contributed by atoms with van der Waals surface area (Å²) in [5.74, 6) is 0.243. The van der Waals surface area contributed by atoms with E-state index in [1.54, 1.807) is 19.1 Å². The number of nitrogens with zero attached hydrogens (tertiary/aromatic N) is 2. The van der Waals surface area contributed by atoms with Crippen LogP contribution in [0.25, 0.3) is 0 Å². The Morgan fingerprint density at radius 2 is 2.00 bits per heavy atom. The first kappa shape index (κ1) is 8.80. The summed E-state index contributed by atoms with van der Waals surface area (Å²) >= 11 is 0. The van der Waals surface area contributed by atoms with E-state index < -0.39 is 0 Å². The number of anilines is 1. The normalized spacial score (nSPS) is 10.0. The number of hydrogen-bond acceptors (Lipinski definition) is 3. The van der Waals surface area contributed by atoms with Crippen LogP contribution in [0.3, 0.4) is 0 Å². The minimum Gasteiger partial charge on any atom is -0.710 e. The summed E-state index contributed by atoms with van der Waals surface area (Å²) in [5, 5.41) is 21.2. The maximum Gasteiger partial charge on any atom is 0.310 e. The molecule has 1 N–H and O–H groups in total. The number of hydroxylamine groups is 1. The summed E-state index contributed by atoms with van der Waals surface area (Å²) in [6.45, 7) is 3.58. The molecular weight excluding hydrogens is 156 g/mol. The van der Waals surface area contributed by atoms with Gasteiger partial charge in [0.15, 0.2) is 0 Å². The fraction of sp³-hybridized carbons (Fsp3) is 0.375. The van der Waals surface area contributed by atoms with Crippen molar-refractivity contribution in [3.05, 3.63) is 28.6 Å². The summed E-state index contributed by atoms with van der Waals surface area (Å²) in [5.41, 5.74) is 1.53. The van der Waals surface area contributed by atoms with Crippen LogP contribution in [-0.4, -0.2) is 12.3 Å². The molecule has 0 saturated carbocycles. The SMILES string of the molecule is Cc1cc(C)[n+]([O-])c(N(C)O)c1. The molecule has 0 spiro atoms. The lowest BCUT2D eigenvalue weighted by atomic mass is 10.2. The molecule has 1 rings (SSSR count). The van der Waals surface area contributed by atoms with Gasteiger partial charge in [0.05, 0.1) is 0 Å². The molecule has 12 heavy (non-hydrogen) atoms. The van der Waals surface area contributed by atoms with E-state index >= 15 is 0 Å².